The van der Waals surface area contributed by atoms with E-state index in [1.165, 1.54) is 0 Å². The maximum Gasteiger partial charge on any atom is 0.315 e. The van der Waals surface area contributed by atoms with Crippen LogP contribution in [0.2, 0.25) is 0 Å². The van der Waals surface area contributed by atoms with Gasteiger partial charge in [-0.25, -0.2) is 4.79 Å². The highest BCUT2D eigenvalue weighted by molar-refractivity contribution is 5.79. The second kappa shape index (κ2) is 5.83. The summed E-state index contributed by atoms with van der Waals surface area (Å²) in [4.78, 5) is 23.2. The first kappa shape index (κ1) is 16.1. The summed E-state index contributed by atoms with van der Waals surface area (Å²) in [6.45, 7) is 7.00. The summed E-state index contributed by atoms with van der Waals surface area (Å²) in [5, 5.41) is 14.9. The summed E-state index contributed by atoms with van der Waals surface area (Å²) in [7, 11) is 0. The van der Waals surface area contributed by atoms with Crippen molar-refractivity contribution in [3.05, 3.63) is 0 Å². The quantitative estimate of drug-likeness (QED) is 0.697. The lowest BCUT2D eigenvalue weighted by Crippen LogP contribution is -2.63. The number of amides is 2. The van der Waals surface area contributed by atoms with Crippen molar-refractivity contribution >= 4 is 12.0 Å². The van der Waals surface area contributed by atoms with E-state index in [0.717, 1.165) is 12.8 Å². The number of carboxylic acid groups (broad SMARTS) is 1. The zero-order valence-electron chi connectivity index (χ0n) is 13.1. The number of aliphatic carboxylic acids is 1. The van der Waals surface area contributed by atoms with Crippen molar-refractivity contribution in [3.8, 4) is 0 Å². The molecule has 0 spiro atoms. The molecule has 2 amide bonds. The van der Waals surface area contributed by atoms with Gasteiger partial charge in [0.05, 0.1) is 11.5 Å². The number of carbonyl (C=O) groups excluding carboxylic acids is 1. The van der Waals surface area contributed by atoms with Gasteiger partial charge in [-0.1, -0.05) is 20.3 Å². The molecule has 3 N–H and O–H groups in total. The van der Waals surface area contributed by atoms with Gasteiger partial charge in [-0.2, -0.15) is 0 Å². The zero-order chi connectivity index (χ0) is 15.7. The lowest BCUT2D eigenvalue weighted by atomic mass is 9.64. The molecule has 0 radical (unpaired) electrons. The smallest absolute Gasteiger partial charge is 0.315 e. The maximum absolute atomic E-state index is 12.0. The van der Waals surface area contributed by atoms with Crippen LogP contribution in [0.25, 0.3) is 0 Å². The van der Waals surface area contributed by atoms with Gasteiger partial charge in [0.2, 0.25) is 0 Å². The van der Waals surface area contributed by atoms with Gasteiger partial charge < -0.3 is 20.5 Å². The molecule has 21 heavy (non-hydrogen) atoms. The molecule has 2 aliphatic rings. The normalized spacial score (nSPS) is 28.9. The molecule has 0 heterocycles. The van der Waals surface area contributed by atoms with E-state index in [0.29, 0.717) is 19.4 Å². The Morgan fingerprint density at radius 2 is 2.00 bits per heavy atom. The third-order valence-electron chi connectivity index (χ3n) is 5.20. The lowest BCUT2D eigenvalue weighted by molar-refractivity contribution is -0.153. The van der Waals surface area contributed by atoms with Crippen molar-refractivity contribution < 1.29 is 19.4 Å². The molecule has 0 aromatic heterocycles. The fourth-order valence-corrected chi connectivity index (χ4v) is 3.14. The Bertz CT molecular complexity index is 418. The average molecular weight is 298 g/mol. The molecule has 2 atom stereocenters. The van der Waals surface area contributed by atoms with Crippen LogP contribution in [-0.2, 0) is 9.53 Å². The first-order valence-corrected chi connectivity index (χ1v) is 7.71. The van der Waals surface area contributed by atoms with Crippen LogP contribution in [0.3, 0.4) is 0 Å². The monoisotopic (exact) mass is 298 g/mol. The van der Waals surface area contributed by atoms with E-state index < -0.39 is 11.4 Å². The Morgan fingerprint density at radius 1 is 1.33 bits per heavy atom. The van der Waals surface area contributed by atoms with Crippen LogP contribution in [0.5, 0.6) is 0 Å². The predicted octanol–water partition coefficient (Wildman–Crippen LogP) is 1.74. The number of hydrogen-bond donors (Lipinski definition) is 3. The van der Waals surface area contributed by atoms with Gasteiger partial charge in [0.15, 0.2) is 0 Å². The Morgan fingerprint density at radius 3 is 2.43 bits per heavy atom. The highest BCUT2D eigenvalue weighted by Crippen LogP contribution is 2.43. The van der Waals surface area contributed by atoms with Crippen LogP contribution >= 0.6 is 0 Å². The fraction of sp³-hybridized carbons (Fsp3) is 0.867. The molecule has 2 aliphatic carbocycles. The number of hydrogen-bond acceptors (Lipinski definition) is 3. The number of rotatable bonds is 6. The van der Waals surface area contributed by atoms with E-state index >= 15 is 0 Å². The van der Waals surface area contributed by atoms with Crippen molar-refractivity contribution in [2.45, 2.75) is 58.6 Å². The van der Waals surface area contributed by atoms with Gasteiger partial charge in [-0.15, -0.1) is 0 Å². The first-order chi connectivity index (χ1) is 9.82. The molecule has 0 bridgehead atoms. The standard InChI is InChI=1S/C15H26N2O4/c1-4-21-11-8-10(14(11,2)3)17-13(20)16-9-15(12(18)19)6-5-7-15/h10-11H,4-9H2,1-3H3,(H,18,19)(H2,16,17,20). The van der Waals surface area contributed by atoms with E-state index in [1.807, 2.05) is 6.92 Å². The molecule has 0 aromatic rings. The van der Waals surface area contributed by atoms with Crippen molar-refractivity contribution in [1.82, 2.24) is 10.6 Å². The molecule has 2 saturated carbocycles. The topological polar surface area (TPSA) is 87.7 Å². The largest absolute Gasteiger partial charge is 0.481 e. The summed E-state index contributed by atoms with van der Waals surface area (Å²) >= 11 is 0. The maximum atomic E-state index is 12.0. The molecular weight excluding hydrogens is 272 g/mol. The summed E-state index contributed by atoms with van der Waals surface area (Å²) in [5.41, 5.74) is -0.839. The molecule has 2 fully saturated rings. The second-order valence-corrected chi connectivity index (χ2v) is 6.82. The number of nitrogens with one attached hydrogen (secondary N) is 2. The Balaban J connectivity index is 1.77. The highest BCUT2D eigenvalue weighted by atomic mass is 16.5. The minimum absolute atomic E-state index is 0.0659. The van der Waals surface area contributed by atoms with Crippen molar-refractivity contribution in [2.75, 3.05) is 13.2 Å². The molecule has 0 aliphatic heterocycles. The number of urea groups is 1. The van der Waals surface area contributed by atoms with Crippen LogP contribution < -0.4 is 10.6 Å². The van der Waals surface area contributed by atoms with E-state index in [-0.39, 0.29) is 30.1 Å². The van der Waals surface area contributed by atoms with Crippen molar-refractivity contribution in [3.63, 3.8) is 0 Å². The van der Waals surface area contributed by atoms with Crippen molar-refractivity contribution in [1.29, 1.82) is 0 Å². The van der Waals surface area contributed by atoms with Gasteiger partial charge in [0, 0.05) is 24.6 Å². The van der Waals surface area contributed by atoms with E-state index in [4.69, 9.17) is 4.74 Å². The molecule has 0 saturated heterocycles. The van der Waals surface area contributed by atoms with Gasteiger partial charge in [-0.05, 0) is 26.2 Å². The summed E-state index contributed by atoms with van der Waals surface area (Å²) in [6.07, 6.45) is 3.18. The van der Waals surface area contributed by atoms with Gasteiger partial charge >= 0.3 is 12.0 Å². The van der Waals surface area contributed by atoms with Crippen LogP contribution in [0.15, 0.2) is 0 Å². The van der Waals surface area contributed by atoms with Crippen LogP contribution in [-0.4, -0.2) is 42.4 Å². The van der Waals surface area contributed by atoms with E-state index in [9.17, 15) is 14.7 Å². The highest BCUT2D eigenvalue weighted by Gasteiger charge is 2.50. The lowest BCUT2D eigenvalue weighted by Gasteiger charge is -2.51. The summed E-state index contributed by atoms with van der Waals surface area (Å²) in [5.74, 6) is -0.811. The zero-order valence-corrected chi connectivity index (χ0v) is 13.1. The third kappa shape index (κ3) is 3.00. The number of carbonyl (C=O) groups is 2. The van der Waals surface area contributed by atoms with Gasteiger partial charge in [-0.3, -0.25) is 4.79 Å². The summed E-state index contributed by atoms with van der Waals surface area (Å²) in [6, 6.07) is -0.216. The molecule has 6 nitrogen and oxygen atoms in total. The van der Waals surface area contributed by atoms with Gasteiger partial charge in [0.25, 0.3) is 0 Å². The minimum atomic E-state index is -0.811. The van der Waals surface area contributed by atoms with Crippen LogP contribution in [0.1, 0.15) is 46.5 Å². The van der Waals surface area contributed by atoms with E-state index in [1.54, 1.807) is 0 Å². The molecule has 0 aromatic carbocycles. The molecule has 2 rings (SSSR count). The minimum Gasteiger partial charge on any atom is -0.481 e. The molecule has 120 valence electrons. The SMILES string of the molecule is CCOC1CC(NC(=O)NCC2(C(=O)O)CCC2)C1(C)C. The Hall–Kier alpha value is -1.30. The molecule has 2 unspecified atom stereocenters. The average Bonchev–Trinajstić information content (AvgIpc) is 2.36. The fourth-order valence-electron chi connectivity index (χ4n) is 3.14. The summed E-state index contributed by atoms with van der Waals surface area (Å²) < 4.78 is 5.63. The van der Waals surface area contributed by atoms with Crippen LogP contribution in [0, 0.1) is 10.8 Å². The van der Waals surface area contributed by atoms with Gasteiger partial charge in [0.1, 0.15) is 0 Å². The molecule has 6 heteroatoms. The Kier molecular flexibility index (Phi) is 4.46. The van der Waals surface area contributed by atoms with Crippen LogP contribution in [0.4, 0.5) is 4.79 Å². The van der Waals surface area contributed by atoms with E-state index in [2.05, 4.69) is 24.5 Å². The van der Waals surface area contributed by atoms with Crippen molar-refractivity contribution in [2.24, 2.45) is 10.8 Å². The predicted molar refractivity (Wildman–Crippen MR) is 78.1 cm³/mol. The first-order valence-electron chi connectivity index (χ1n) is 7.71. The number of ether oxygens (including phenoxy) is 1. The molecular formula is C15H26N2O4. The Labute approximate surface area is 125 Å². The second-order valence-electron chi connectivity index (χ2n) is 6.82. The third-order valence-corrected chi connectivity index (χ3v) is 5.20. The number of carboxylic acids is 1.